The maximum absolute atomic E-state index is 11.3. The molecule has 2 rings (SSSR count). The van der Waals surface area contributed by atoms with Gasteiger partial charge in [-0.15, -0.1) is 0 Å². The molecule has 0 saturated carbocycles. The van der Waals surface area contributed by atoms with Gasteiger partial charge in [-0.05, 0) is 6.92 Å². The van der Waals surface area contributed by atoms with E-state index in [1.807, 2.05) is 0 Å². The van der Waals surface area contributed by atoms with E-state index in [2.05, 4.69) is 25.3 Å². The van der Waals surface area contributed by atoms with Gasteiger partial charge in [-0.2, -0.15) is 9.97 Å². The van der Waals surface area contributed by atoms with Gasteiger partial charge in [-0.1, -0.05) is 11.6 Å². The molecule has 0 radical (unpaired) electrons. The number of imidazole rings is 1. The summed E-state index contributed by atoms with van der Waals surface area (Å²) in [6.45, 7) is 1.56. The van der Waals surface area contributed by atoms with Gasteiger partial charge < -0.3 is 10.7 Å². The lowest BCUT2D eigenvalue weighted by molar-refractivity contribution is -0.117. The molecule has 7 nitrogen and oxygen atoms in total. The van der Waals surface area contributed by atoms with E-state index in [0.29, 0.717) is 11.2 Å². The molecule has 2 heterocycles. The van der Waals surface area contributed by atoms with Gasteiger partial charge in [0.25, 0.3) is 0 Å². The van der Waals surface area contributed by atoms with Gasteiger partial charge in [0.1, 0.15) is 5.52 Å². The molecular formula is C8H9ClN6O. The van der Waals surface area contributed by atoms with Crippen molar-refractivity contribution in [2.24, 2.45) is 5.73 Å². The number of rotatable bonds is 2. The van der Waals surface area contributed by atoms with Crippen molar-refractivity contribution in [2.45, 2.75) is 13.0 Å². The first kappa shape index (κ1) is 10.8. The second-order valence-electron chi connectivity index (χ2n) is 3.22. The van der Waals surface area contributed by atoms with Crippen molar-refractivity contribution in [2.75, 3.05) is 5.32 Å². The van der Waals surface area contributed by atoms with Crippen molar-refractivity contribution in [1.82, 2.24) is 19.9 Å². The number of halogens is 1. The van der Waals surface area contributed by atoms with E-state index in [-0.39, 0.29) is 17.0 Å². The lowest BCUT2D eigenvalue weighted by Crippen LogP contribution is -2.33. The molecule has 84 valence electrons. The fourth-order valence-electron chi connectivity index (χ4n) is 1.08. The Morgan fingerprint density at radius 1 is 1.62 bits per heavy atom. The topological polar surface area (TPSA) is 110 Å². The number of aromatic amines is 1. The Bertz CT molecular complexity index is 536. The molecule has 0 aliphatic heterocycles. The van der Waals surface area contributed by atoms with Crippen LogP contribution >= 0.6 is 11.6 Å². The largest absolute Gasteiger partial charge is 0.341 e. The average Bonchev–Trinajstić information content (AvgIpc) is 2.65. The van der Waals surface area contributed by atoms with E-state index in [4.69, 9.17) is 17.3 Å². The molecular weight excluding hydrogens is 232 g/mol. The van der Waals surface area contributed by atoms with Gasteiger partial charge in [0.15, 0.2) is 10.8 Å². The van der Waals surface area contributed by atoms with Gasteiger partial charge in [-0.3, -0.25) is 10.1 Å². The molecule has 16 heavy (non-hydrogen) atoms. The van der Waals surface area contributed by atoms with Gasteiger partial charge >= 0.3 is 0 Å². The third-order valence-electron chi connectivity index (χ3n) is 1.89. The summed E-state index contributed by atoms with van der Waals surface area (Å²) in [6, 6.07) is -0.641. The Hall–Kier alpha value is -1.73. The monoisotopic (exact) mass is 240 g/mol. The summed E-state index contributed by atoms with van der Waals surface area (Å²) >= 11 is 5.86. The standard InChI is InChI=1S/C8H9ClN6O/c1-3(10)7(16)15-8-13-5(9)4-6(14-8)12-2-11-4/h2-3H,10H2,1H3,(H2,11,12,13,14,15,16). The van der Waals surface area contributed by atoms with Crippen LogP contribution < -0.4 is 11.1 Å². The van der Waals surface area contributed by atoms with Crippen LogP contribution in [0.2, 0.25) is 5.15 Å². The number of aromatic nitrogens is 4. The molecule has 8 heteroatoms. The molecule has 0 aliphatic rings. The van der Waals surface area contributed by atoms with Crippen LogP contribution in [0.1, 0.15) is 6.92 Å². The summed E-state index contributed by atoms with van der Waals surface area (Å²) in [5.74, 6) is -0.294. The van der Waals surface area contributed by atoms with Crippen LogP contribution in [0.4, 0.5) is 5.95 Å². The third-order valence-corrected chi connectivity index (χ3v) is 2.16. The van der Waals surface area contributed by atoms with E-state index in [9.17, 15) is 4.79 Å². The van der Waals surface area contributed by atoms with Crippen molar-refractivity contribution in [1.29, 1.82) is 0 Å². The molecule has 0 bridgehead atoms. The van der Waals surface area contributed by atoms with Gasteiger partial charge in [0, 0.05) is 0 Å². The van der Waals surface area contributed by atoms with E-state index in [1.165, 1.54) is 6.33 Å². The fraction of sp³-hybridized carbons (Fsp3) is 0.250. The maximum Gasteiger partial charge on any atom is 0.243 e. The van der Waals surface area contributed by atoms with Crippen molar-refractivity contribution in [3.05, 3.63) is 11.5 Å². The highest BCUT2D eigenvalue weighted by Crippen LogP contribution is 2.18. The summed E-state index contributed by atoms with van der Waals surface area (Å²) < 4.78 is 0. The van der Waals surface area contributed by atoms with Gasteiger partial charge in [-0.25, -0.2) is 4.98 Å². The minimum Gasteiger partial charge on any atom is -0.341 e. The molecule has 2 aromatic heterocycles. The minimum atomic E-state index is -0.641. The molecule has 0 aromatic carbocycles. The molecule has 1 amide bonds. The average molecular weight is 241 g/mol. The smallest absolute Gasteiger partial charge is 0.243 e. The molecule has 2 aromatic rings. The van der Waals surface area contributed by atoms with E-state index >= 15 is 0 Å². The van der Waals surface area contributed by atoms with Gasteiger partial charge in [0.2, 0.25) is 11.9 Å². The first-order chi connectivity index (χ1) is 7.58. The Morgan fingerprint density at radius 3 is 3.06 bits per heavy atom. The zero-order valence-corrected chi connectivity index (χ0v) is 9.12. The first-order valence-corrected chi connectivity index (χ1v) is 4.89. The first-order valence-electron chi connectivity index (χ1n) is 4.51. The Kier molecular flexibility index (Phi) is 2.71. The van der Waals surface area contributed by atoms with Crippen molar-refractivity contribution in [3.8, 4) is 0 Å². The summed E-state index contributed by atoms with van der Waals surface area (Å²) in [5, 5.41) is 2.64. The number of H-pyrrole nitrogens is 1. The highest BCUT2D eigenvalue weighted by atomic mass is 35.5. The SMILES string of the molecule is CC(N)C(=O)Nc1nc(Cl)c2[nH]cnc2n1. The Morgan fingerprint density at radius 2 is 2.38 bits per heavy atom. The van der Waals surface area contributed by atoms with Crippen LogP contribution in [0.5, 0.6) is 0 Å². The minimum absolute atomic E-state index is 0.0897. The van der Waals surface area contributed by atoms with E-state index < -0.39 is 6.04 Å². The number of hydrogen-bond donors (Lipinski definition) is 3. The van der Waals surface area contributed by atoms with Crippen LogP contribution in [0.25, 0.3) is 11.2 Å². The summed E-state index contributed by atoms with van der Waals surface area (Å²) in [5.41, 5.74) is 6.31. The van der Waals surface area contributed by atoms with E-state index in [1.54, 1.807) is 6.92 Å². The number of amides is 1. The van der Waals surface area contributed by atoms with Crippen LogP contribution in [0.3, 0.4) is 0 Å². The van der Waals surface area contributed by atoms with Crippen LogP contribution in [-0.2, 0) is 4.79 Å². The van der Waals surface area contributed by atoms with Crippen molar-refractivity contribution in [3.63, 3.8) is 0 Å². The lowest BCUT2D eigenvalue weighted by atomic mass is 10.3. The summed E-state index contributed by atoms with van der Waals surface area (Å²) in [4.78, 5) is 25.9. The van der Waals surface area contributed by atoms with Crippen molar-refractivity contribution >= 4 is 34.6 Å². The Labute approximate surface area is 95.4 Å². The molecule has 1 atom stereocenters. The molecule has 0 saturated heterocycles. The summed E-state index contributed by atoms with van der Waals surface area (Å²) in [7, 11) is 0. The highest BCUT2D eigenvalue weighted by molar-refractivity contribution is 6.33. The zero-order valence-electron chi connectivity index (χ0n) is 8.36. The Balaban J connectivity index is 2.35. The summed E-state index contributed by atoms with van der Waals surface area (Å²) in [6.07, 6.45) is 1.45. The molecule has 0 fully saturated rings. The normalized spacial score (nSPS) is 12.7. The predicted octanol–water partition coefficient (Wildman–Crippen LogP) is 0.292. The van der Waals surface area contributed by atoms with E-state index in [0.717, 1.165) is 0 Å². The number of fused-ring (bicyclic) bond motifs is 1. The maximum atomic E-state index is 11.3. The number of hydrogen-bond acceptors (Lipinski definition) is 5. The second kappa shape index (κ2) is 4.03. The number of nitrogens with one attached hydrogen (secondary N) is 2. The predicted molar refractivity (Wildman–Crippen MR) is 59.0 cm³/mol. The van der Waals surface area contributed by atoms with Crippen LogP contribution in [-0.4, -0.2) is 31.9 Å². The molecule has 0 spiro atoms. The van der Waals surface area contributed by atoms with Gasteiger partial charge in [0.05, 0.1) is 12.4 Å². The van der Waals surface area contributed by atoms with Crippen LogP contribution in [0.15, 0.2) is 6.33 Å². The van der Waals surface area contributed by atoms with Crippen molar-refractivity contribution < 1.29 is 4.79 Å². The zero-order chi connectivity index (χ0) is 11.7. The number of nitrogens with two attached hydrogens (primary N) is 1. The molecule has 0 aliphatic carbocycles. The van der Waals surface area contributed by atoms with Crippen LogP contribution in [0, 0.1) is 0 Å². The number of carbonyl (C=O) groups excluding carboxylic acids is 1. The quantitative estimate of drug-likeness (QED) is 0.654. The third kappa shape index (κ3) is 1.95. The lowest BCUT2D eigenvalue weighted by Gasteiger charge is -2.05. The number of carbonyl (C=O) groups is 1. The second-order valence-corrected chi connectivity index (χ2v) is 3.58. The highest BCUT2D eigenvalue weighted by Gasteiger charge is 2.12. The number of anilines is 1. The molecule has 4 N–H and O–H groups in total. The molecule has 1 unspecified atom stereocenters. The fourth-order valence-corrected chi connectivity index (χ4v) is 1.30. The number of nitrogens with zero attached hydrogens (tertiary/aromatic N) is 3.